The summed E-state index contributed by atoms with van der Waals surface area (Å²) in [6, 6.07) is 24.9. The van der Waals surface area contributed by atoms with Crippen molar-refractivity contribution in [3.63, 3.8) is 0 Å². The molecule has 0 aliphatic carbocycles. The predicted molar refractivity (Wildman–Crippen MR) is 205 cm³/mol. The Kier molecular flexibility index (Phi) is 11.4. The normalized spacial score (nSPS) is 20.2. The molecule has 2 amide bonds. The van der Waals surface area contributed by atoms with Crippen LogP contribution in [0.15, 0.2) is 79.0 Å². The van der Waals surface area contributed by atoms with Gasteiger partial charge in [0.2, 0.25) is 11.8 Å². The van der Waals surface area contributed by atoms with E-state index < -0.39 is 0 Å². The molecule has 2 atom stereocenters. The minimum absolute atomic E-state index is 0.0937. The molecule has 4 aliphatic rings. The zero-order chi connectivity index (χ0) is 37.6. The summed E-state index contributed by atoms with van der Waals surface area (Å²) in [7, 11) is 0. The fourth-order valence-corrected chi connectivity index (χ4v) is 7.51. The Bertz CT molecular complexity index is 1930. The second kappa shape index (κ2) is 17.1. The first-order valence-electron chi connectivity index (χ1n) is 19.3. The first-order valence-corrected chi connectivity index (χ1v) is 19.3. The standard InChI is InChI=1S/C42H49N7O6/c1-30(50)43-16-14-40(51)49-23-21-47(22-24-49)26-32-6-10-34(11-7-32)39-29-53-37-13-12-35(45-42(37)55-39)27-48-19-17-46(18-20-48)25-31-4-8-33(9-5-31)38-28-52-36-3-2-15-44-41(36)54-38/h2-13,15,38-39H,14,16-29H2,1H3,(H,43,50). The maximum Gasteiger partial charge on any atom is 0.258 e. The van der Waals surface area contributed by atoms with E-state index in [9.17, 15) is 9.59 Å². The van der Waals surface area contributed by atoms with Crippen molar-refractivity contribution < 1.29 is 28.5 Å². The highest BCUT2D eigenvalue weighted by atomic mass is 16.6. The fourth-order valence-electron chi connectivity index (χ4n) is 7.51. The van der Waals surface area contributed by atoms with Gasteiger partial charge in [0.05, 0.1) is 5.69 Å². The van der Waals surface area contributed by atoms with Crippen LogP contribution >= 0.6 is 0 Å². The Balaban J connectivity index is 0.770. The number of piperazine rings is 2. The highest BCUT2D eigenvalue weighted by Crippen LogP contribution is 2.36. The summed E-state index contributed by atoms with van der Waals surface area (Å²) in [6.45, 7) is 12.2. The summed E-state index contributed by atoms with van der Waals surface area (Å²) in [4.78, 5) is 41.9. The zero-order valence-electron chi connectivity index (χ0n) is 31.4. The van der Waals surface area contributed by atoms with E-state index in [2.05, 4.69) is 73.5 Å². The monoisotopic (exact) mass is 747 g/mol. The molecule has 2 aromatic carbocycles. The lowest BCUT2D eigenvalue weighted by Gasteiger charge is -2.35. The Morgan fingerprint density at radius 2 is 1.22 bits per heavy atom. The molecule has 1 N–H and O–H groups in total. The van der Waals surface area contributed by atoms with E-state index in [-0.39, 0.29) is 24.0 Å². The predicted octanol–water partition coefficient (Wildman–Crippen LogP) is 3.99. The van der Waals surface area contributed by atoms with E-state index in [1.54, 1.807) is 6.20 Å². The summed E-state index contributed by atoms with van der Waals surface area (Å²) in [5, 5.41) is 2.70. The lowest BCUT2D eigenvalue weighted by Crippen LogP contribution is -2.48. The van der Waals surface area contributed by atoms with Crippen LogP contribution in [0.25, 0.3) is 0 Å². The summed E-state index contributed by atoms with van der Waals surface area (Å²) in [5.41, 5.74) is 5.62. The van der Waals surface area contributed by atoms with Crippen LogP contribution in [0.4, 0.5) is 0 Å². The van der Waals surface area contributed by atoms with E-state index in [1.807, 2.05) is 29.2 Å². The number of carbonyl (C=O) groups is 2. The summed E-state index contributed by atoms with van der Waals surface area (Å²) in [5.74, 6) is 2.46. The average Bonchev–Trinajstić information content (AvgIpc) is 3.22. The molecule has 0 bridgehead atoms. The van der Waals surface area contributed by atoms with Gasteiger partial charge in [-0.25, -0.2) is 9.97 Å². The molecule has 288 valence electrons. The van der Waals surface area contributed by atoms with Gasteiger partial charge in [0.25, 0.3) is 11.8 Å². The Hall–Kier alpha value is -5.24. The molecule has 2 unspecified atom stereocenters. The van der Waals surface area contributed by atoms with Crippen LogP contribution in [-0.2, 0) is 29.2 Å². The molecule has 0 spiro atoms. The van der Waals surface area contributed by atoms with E-state index in [4.69, 9.17) is 23.9 Å². The van der Waals surface area contributed by atoms with Crippen molar-refractivity contribution in [2.24, 2.45) is 0 Å². The van der Waals surface area contributed by atoms with Crippen molar-refractivity contribution in [1.29, 1.82) is 0 Å². The zero-order valence-corrected chi connectivity index (χ0v) is 31.4. The van der Waals surface area contributed by atoms with Crippen molar-refractivity contribution in [2.75, 3.05) is 72.1 Å². The number of nitrogens with zero attached hydrogens (tertiary/aromatic N) is 6. The molecule has 4 aromatic rings. The third kappa shape index (κ3) is 9.35. The SMILES string of the molecule is CC(=O)NCCC(=O)N1CCN(Cc2ccc(C3COc4ccc(CN5CCN(Cc6ccc(C7COc8cccnc8O7)cc6)CC5)nc4O3)cc2)CC1. The summed E-state index contributed by atoms with van der Waals surface area (Å²) >= 11 is 0. The minimum Gasteiger partial charge on any atom is -0.484 e. The van der Waals surface area contributed by atoms with E-state index >= 15 is 0 Å². The molecular formula is C42H49N7O6. The van der Waals surface area contributed by atoms with Crippen LogP contribution in [0, 0.1) is 0 Å². The largest absolute Gasteiger partial charge is 0.484 e. The van der Waals surface area contributed by atoms with Crippen LogP contribution in [0.5, 0.6) is 23.3 Å². The molecule has 4 aliphatic heterocycles. The first kappa shape index (κ1) is 36.7. The van der Waals surface area contributed by atoms with Crippen molar-refractivity contribution in [2.45, 2.75) is 45.2 Å². The van der Waals surface area contributed by atoms with Crippen molar-refractivity contribution >= 4 is 11.8 Å². The van der Waals surface area contributed by atoms with Gasteiger partial charge >= 0.3 is 0 Å². The maximum absolute atomic E-state index is 12.5. The molecule has 2 fully saturated rings. The molecule has 13 heteroatoms. The number of hydrogen-bond acceptors (Lipinski definition) is 11. The molecular weight excluding hydrogens is 699 g/mol. The van der Waals surface area contributed by atoms with E-state index in [1.165, 1.54) is 18.1 Å². The van der Waals surface area contributed by atoms with Gasteiger partial charge in [-0.05, 0) is 46.5 Å². The van der Waals surface area contributed by atoms with E-state index in [0.29, 0.717) is 62.5 Å². The van der Waals surface area contributed by atoms with Crippen LogP contribution in [-0.4, -0.2) is 113 Å². The number of benzene rings is 2. The van der Waals surface area contributed by atoms with Gasteiger partial charge in [-0.2, -0.15) is 0 Å². The van der Waals surface area contributed by atoms with Crippen LogP contribution in [0.3, 0.4) is 0 Å². The number of ether oxygens (including phenoxy) is 4. The lowest BCUT2D eigenvalue weighted by molar-refractivity contribution is -0.133. The van der Waals surface area contributed by atoms with Gasteiger partial charge in [0.1, 0.15) is 13.2 Å². The summed E-state index contributed by atoms with van der Waals surface area (Å²) < 4.78 is 24.4. The molecule has 0 radical (unpaired) electrons. The number of fused-ring (bicyclic) bond motifs is 2. The second-order valence-corrected chi connectivity index (χ2v) is 14.7. The Morgan fingerprint density at radius 1 is 0.673 bits per heavy atom. The minimum atomic E-state index is -0.230. The maximum atomic E-state index is 12.5. The topological polar surface area (TPSA) is 122 Å². The highest BCUT2D eigenvalue weighted by Gasteiger charge is 2.27. The second-order valence-electron chi connectivity index (χ2n) is 14.7. The fraction of sp³-hybridized carbons (Fsp3) is 0.429. The average molecular weight is 748 g/mol. The summed E-state index contributed by atoms with van der Waals surface area (Å²) in [6.07, 6.45) is 1.67. The highest BCUT2D eigenvalue weighted by molar-refractivity contribution is 5.78. The van der Waals surface area contributed by atoms with Crippen molar-refractivity contribution in [1.82, 2.24) is 34.9 Å². The van der Waals surface area contributed by atoms with Gasteiger partial charge in [0, 0.05) is 98.1 Å². The lowest BCUT2D eigenvalue weighted by atomic mass is 10.1. The molecule has 2 aromatic heterocycles. The number of rotatable bonds is 11. The van der Waals surface area contributed by atoms with Crippen LogP contribution in [0.1, 0.15) is 53.5 Å². The number of carbonyl (C=O) groups excluding carboxylic acids is 2. The van der Waals surface area contributed by atoms with Crippen LogP contribution in [0.2, 0.25) is 0 Å². The van der Waals surface area contributed by atoms with Gasteiger partial charge < -0.3 is 29.2 Å². The van der Waals surface area contributed by atoms with Crippen molar-refractivity contribution in [3.05, 3.63) is 107 Å². The molecule has 55 heavy (non-hydrogen) atoms. The van der Waals surface area contributed by atoms with Crippen molar-refractivity contribution in [3.8, 4) is 23.3 Å². The Labute approximate surface area is 322 Å². The third-order valence-corrected chi connectivity index (χ3v) is 10.7. The number of nitrogens with one attached hydrogen (secondary N) is 1. The van der Waals surface area contributed by atoms with Crippen LogP contribution < -0.4 is 24.3 Å². The number of pyridine rings is 2. The Morgan fingerprint density at radius 3 is 1.82 bits per heavy atom. The molecule has 8 rings (SSSR count). The van der Waals surface area contributed by atoms with Gasteiger partial charge in [0.15, 0.2) is 23.7 Å². The smallest absolute Gasteiger partial charge is 0.258 e. The number of amides is 2. The van der Waals surface area contributed by atoms with E-state index in [0.717, 1.165) is 75.7 Å². The van der Waals surface area contributed by atoms with Gasteiger partial charge in [-0.1, -0.05) is 48.5 Å². The number of aromatic nitrogens is 2. The third-order valence-electron chi connectivity index (χ3n) is 10.7. The molecule has 2 saturated heterocycles. The molecule has 0 saturated carbocycles. The molecule has 13 nitrogen and oxygen atoms in total. The number of hydrogen-bond donors (Lipinski definition) is 1. The first-order chi connectivity index (χ1) is 26.9. The van der Waals surface area contributed by atoms with Gasteiger partial charge in [-0.15, -0.1) is 0 Å². The quantitative estimate of drug-likeness (QED) is 0.240. The van der Waals surface area contributed by atoms with Gasteiger partial charge in [-0.3, -0.25) is 24.3 Å². The molecule has 6 heterocycles.